The van der Waals surface area contributed by atoms with E-state index in [0.29, 0.717) is 0 Å². The van der Waals surface area contributed by atoms with Gasteiger partial charge in [0, 0.05) is 30.8 Å². The smallest absolute Gasteiger partial charge is 0.101 e. The Labute approximate surface area is 143 Å². The van der Waals surface area contributed by atoms with E-state index in [1.807, 2.05) is 0 Å². The van der Waals surface area contributed by atoms with E-state index < -0.39 is 0 Å². The molecule has 0 saturated carbocycles. The first-order valence-corrected chi connectivity index (χ1v) is 9.14. The van der Waals surface area contributed by atoms with Gasteiger partial charge in [-0.3, -0.25) is 4.98 Å². The normalized spacial score (nSPS) is 24.7. The Hall–Kier alpha value is -1.65. The Morgan fingerprint density at radius 3 is 2.79 bits per heavy atom. The molecule has 2 unspecified atom stereocenters. The molecule has 4 nitrogen and oxygen atoms in total. The fourth-order valence-electron chi connectivity index (χ4n) is 4.14. The number of hydrogen-bond acceptors (Lipinski definition) is 4. The van der Waals surface area contributed by atoms with Crippen LogP contribution in [0.15, 0.2) is 24.3 Å². The van der Waals surface area contributed by atoms with E-state index >= 15 is 0 Å². The molecule has 4 heteroatoms. The summed E-state index contributed by atoms with van der Waals surface area (Å²) in [4.78, 5) is 7.32. The lowest BCUT2D eigenvalue weighted by atomic mass is 10.0. The summed E-state index contributed by atoms with van der Waals surface area (Å²) in [6, 6.07) is 8.50. The molecule has 128 valence electrons. The van der Waals surface area contributed by atoms with Crippen molar-refractivity contribution in [2.75, 3.05) is 31.2 Å². The predicted molar refractivity (Wildman–Crippen MR) is 96.8 cm³/mol. The highest BCUT2D eigenvalue weighted by atomic mass is 16.5. The van der Waals surface area contributed by atoms with Crippen molar-refractivity contribution in [2.24, 2.45) is 0 Å². The van der Waals surface area contributed by atoms with Crippen molar-refractivity contribution in [1.82, 2.24) is 4.98 Å². The number of aryl methyl sites for hydroxylation is 1. The van der Waals surface area contributed by atoms with Crippen LogP contribution in [0.1, 0.15) is 31.0 Å². The zero-order valence-electron chi connectivity index (χ0n) is 14.6. The molecule has 2 aliphatic rings. The van der Waals surface area contributed by atoms with Crippen LogP contribution in [0.2, 0.25) is 0 Å². The van der Waals surface area contributed by atoms with Gasteiger partial charge in [0.25, 0.3) is 0 Å². The van der Waals surface area contributed by atoms with E-state index in [-0.39, 0.29) is 12.2 Å². The van der Waals surface area contributed by atoms with E-state index in [4.69, 9.17) is 14.5 Å². The van der Waals surface area contributed by atoms with Crippen LogP contribution in [0.25, 0.3) is 10.9 Å². The van der Waals surface area contributed by atoms with Crippen molar-refractivity contribution < 1.29 is 9.47 Å². The standard InChI is InChI=1S/C20H26N2O2/c1-3-15-14(2)21-17-8-5-4-7-16(17)20(15)22-10-12-24-19(13-22)18-9-6-11-23-18/h4-5,7-8,18-19H,3,6,9-13H2,1-2H3. The molecule has 2 aromatic rings. The fourth-order valence-corrected chi connectivity index (χ4v) is 4.14. The molecule has 24 heavy (non-hydrogen) atoms. The van der Waals surface area contributed by atoms with Crippen LogP contribution in [0, 0.1) is 6.92 Å². The topological polar surface area (TPSA) is 34.6 Å². The summed E-state index contributed by atoms with van der Waals surface area (Å²) in [7, 11) is 0. The molecule has 2 atom stereocenters. The largest absolute Gasteiger partial charge is 0.375 e. The molecule has 0 N–H and O–H groups in total. The summed E-state index contributed by atoms with van der Waals surface area (Å²) in [5.41, 5.74) is 4.95. The van der Waals surface area contributed by atoms with E-state index in [1.165, 1.54) is 16.6 Å². The quantitative estimate of drug-likeness (QED) is 0.865. The predicted octanol–water partition coefficient (Wildman–Crippen LogP) is 3.49. The zero-order chi connectivity index (χ0) is 16.5. The summed E-state index contributed by atoms with van der Waals surface area (Å²) >= 11 is 0. The molecule has 4 rings (SSSR count). The van der Waals surface area contributed by atoms with Gasteiger partial charge in [0.1, 0.15) is 6.10 Å². The number of pyridine rings is 1. The van der Waals surface area contributed by atoms with Gasteiger partial charge in [0.15, 0.2) is 0 Å². The lowest BCUT2D eigenvalue weighted by Crippen LogP contribution is -2.48. The Morgan fingerprint density at radius 2 is 2.00 bits per heavy atom. The Bertz CT molecular complexity index is 725. The highest BCUT2D eigenvalue weighted by Crippen LogP contribution is 2.34. The first kappa shape index (κ1) is 15.9. The van der Waals surface area contributed by atoms with Crippen LogP contribution in [0.5, 0.6) is 0 Å². The van der Waals surface area contributed by atoms with Gasteiger partial charge in [0.2, 0.25) is 0 Å². The second-order valence-electron chi connectivity index (χ2n) is 6.80. The first-order chi connectivity index (χ1) is 11.8. The van der Waals surface area contributed by atoms with E-state index in [1.54, 1.807) is 0 Å². The maximum atomic E-state index is 6.05. The molecule has 0 amide bonds. The molecule has 0 radical (unpaired) electrons. The fraction of sp³-hybridized carbons (Fsp3) is 0.550. The molecule has 2 saturated heterocycles. The van der Waals surface area contributed by atoms with Gasteiger partial charge in [-0.1, -0.05) is 25.1 Å². The van der Waals surface area contributed by atoms with Crippen LogP contribution in [-0.4, -0.2) is 43.5 Å². The molecule has 1 aromatic heterocycles. The van der Waals surface area contributed by atoms with Crippen molar-refractivity contribution in [1.29, 1.82) is 0 Å². The average Bonchev–Trinajstić information content (AvgIpc) is 3.15. The van der Waals surface area contributed by atoms with Gasteiger partial charge >= 0.3 is 0 Å². The third-order valence-corrected chi connectivity index (χ3v) is 5.31. The van der Waals surface area contributed by atoms with Gasteiger partial charge in [-0.15, -0.1) is 0 Å². The van der Waals surface area contributed by atoms with Crippen LogP contribution in [-0.2, 0) is 15.9 Å². The number of morpholine rings is 1. The lowest BCUT2D eigenvalue weighted by Gasteiger charge is -2.38. The summed E-state index contributed by atoms with van der Waals surface area (Å²) in [6.07, 6.45) is 3.71. The third-order valence-electron chi connectivity index (χ3n) is 5.31. The molecule has 2 fully saturated rings. The number of nitrogens with zero attached hydrogens (tertiary/aromatic N) is 2. The number of anilines is 1. The lowest BCUT2D eigenvalue weighted by molar-refractivity contribution is -0.0542. The van der Waals surface area contributed by atoms with E-state index in [9.17, 15) is 0 Å². The van der Waals surface area contributed by atoms with Crippen LogP contribution >= 0.6 is 0 Å². The second kappa shape index (κ2) is 6.69. The minimum Gasteiger partial charge on any atom is -0.375 e. The Morgan fingerprint density at radius 1 is 1.17 bits per heavy atom. The molecular weight excluding hydrogens is 300 g/mol. The van der Waals surface area contributed by atoms with Crippen LogP contribution < -0.4 is 4.90 Å². The molecule has 2 aliphatic heterocycles. The van der Waals surface area contributed by atoms with Crippen molar-refractivity contribution >= 4 is 16.6 Å². The number of hydrogen-bond donors (Lipinski definition) is 0. The number of rotatable bonds is 3. The van der Waals surface area contributed by atoms with Gasteiger partial charge in [0.05, 0.1) is 23.9 Å². The monoisotopic (exact) mass is 326 g/mol. The zero-order valence-corrected chi connectivity index (χ0v) is 14.6. The molecule has 1 aromatic carbocycles. The van der Waals surface area contributed by atoms with Crippen molar-refractivity contribution in [3.8, 4) is 0 Å². The summed E-state index contributed by atoms with van der Waals surface area (Å²) in [5.74, 6) is 0. The van der Waals surface area contributed by atoms with Crippen molar-refractivity contribution in [3.63, 3.8) is 0 Å². The molecule has 0 spiro atoms. The van der Waals surface area contributed by atoms with E-state index in [0.717, 1.165) is 56.8 Å². The van der Waals surface area contributed by atoms with Gasteiger partial charge in [-0.2, -0.15) is 0 Å². The van der Waals surface area contributed by atoms with Gasteiger partial charge in [-0.05, 0) is 37.8 Å². The maximum Gasteiger partial charge on any atom is 0.101 e. The first-order valence-electron chi connectivity index (χ1n) is 9.14. The molecule has 0 aliphatic carbocycles. The average molecular weight is 326 g/mol. The Kier molecular flexibility index (Phi) is 4.42. The number of aromatic nitrogens is 1. The minimum absolute atomic E-state index is 0.179. The van der Waals surface area contributed by atoms with Crippen molar-refractivity contribution in [3.05, 3.63) is 35.5 Å². The third kappa shape index (κ3) is 2.78. The summed E-state index contributed by atoms with van der Waals surface area (Å²) in [6.45, 7) is 7.84. The molecule has 0 bridgehead atoms. The summed E-state index contributed by atoms with van der Waals surface area (Å²) in [5, 5.41) is 1.26. The SMILES string of the molecule is CCc1c(C)nc2ccccc2c1N1CCOC(C2CCCO2)C1. The van der Waals surface area contributed by atoms with Gasteiger partial charge < -0.3 is 14.4 Å². The summed E-state index contributed by atoms with van der Waals surface area (Å²) < 4.78 is 11.9. The Balaban J connectivity index is 1.74. The second-order valence-corrected chi connectivity index (χ2v) is 6.80. The van der Waals surface area contributed by atoms with Gasteiger partial charge in [-0.25, -0.2) is 0 Å². The van der Waals surface area contributed by atoms with Crippen LogP contribution in [0.4, 0.5) is 5.69 Å². The number of fused-ring (bicyclic) bond motifs is 1. The maximum absolute atomic E-state index is 6.05. The van der Waals surface area contributed by atoms with Crippen molar-refractivity contribution in [2.45, 2.75) is 45.3 Å². The highest BCUT2D eigenvalue weighted by molar-refractivity contribution is 5.94. The number of ether oxygens (including phenoxy) is 2. The van der Waals surface area contributed by atoms with Crippen LogP contribution in [0.3, 0.4) is 0 Å². The number of benzene rings is 1. The van der Waals surface area contributed by atoms with E-state index in [2.05, 4.69) is 43.0 Å². The minimum atomic E-state index is 0.179. The highest BCUT2D eigenvalue weighted by Gasteiger charge is 2.32. The number of para-hydroxylation sites is 1. The molecular formula is C20H26N2O2. The molecule has 3 heterocycles.